The summed E-state index contributed by atoms with van der Waals surface area (Å²) in [5, 5.41) is 0.854. The smallest absolute Gasteiger partial charge is 0.136 e. The van der Waals surface area contributed by atoms with Gasteiger partial charge < -0.3 is 4.57 Å². The third-order valence-electron chi connectivity index (χ3n) is 4.43. The van der Waals surface area contributed by atoms with Crippen LogP contribution in [-0.2, 0) is 0 Å². The fraction of sp³-hybridized carbons (Fsp3) is 1.00. The highest BCUT2D eigenvalue weighted by atomic mass is 28.3. The molecule has 0 fully saturated rings. The zero-order valence-corrected chi connectivity index (χ0v) is 14.1. The summed E-state index contributed by atoms with van der Waals surface area (Å²) in [5.74, 6) is 0. The summed E-state index contributed by atoms with van der Waals surface area (Å²) >= 11 is 0. The van der Waals surface area contributed by atoms with E-state index in [2.05, 4.69) is 66.5 Å². The second-order valence-corrected chi connectivity index (χ2v) is 12.9. The van der Waals surface area contributed by atoms with Crippen LogP contribution < -0.4 is 0 Å². The minimum absolute atomic E-state index is 0.427. The van der Waals surface area contributed by atoms with Crippen LogP contribution in [-0.4, -0.2) is 25.9 Å². The van der Waals surface area contributed by atoms with Crippen LogP contribution in [0.25, 0.3) is 0 Å². The molecule has 0 aromatic carbocycles. The van der Waals surface area contributed by atoms with Gasteiger partial charge >= 0.3 is 0 Å². The van der Waals surface area contributed by atoms with E-state index in [9.17, 15) is 0 Å². The van der Waals surface area contributed by atoms with Crippen molar-refractivity contribution in [3.05, 3.63) is 0 Å². The molecule has 0 aromatic heterocycles. The predicted octanol–water partition coefficient (Wildman–Crippen LogP) is 4.89. The Hall–Kier alpha value is 0.177. The fourth-order valence-electron chi connectivity index (χ4n) is 3.04. The molecule has 0 atom stereocenters. The van der Waals surface area contributed by atoms with E-state index in [1.54, 1.807) is 0 Å². The third-order valence-corrected chi connectivity index (χ3v) is 12.1. The molecule has 0 aliphatic rings. The van der Waals surface area contributed by atoms with E-state index in [1.807, 2.05) is 0 Å². The summed E-state index contributed by atoms with van der Waals surface area (Å²) in [4.78, 5) is 0. The Morgan fingerprint density at radius 1 is 0.875 bits per heavy atom. The number of rotatable bonds is 4. The minimum atomic E-state index is -1.47. The van der Waals surface area contributed by atoms with Crippen molar-refractivity contribution >= 4 is 8.24 Å². The third kappa shape index (κ3) is 2.89. The molecule has 0 N–H and O–H groups in total. The summed E-state index contributed by atoms with van der Waals surface area (Å²) in [6.45, 7) is 24.2. The first-order valence-electron chi connectivity index (χ1n) is 6.77. The molecule has 98 valence electrons. The van der Waals surface area contributed by atoms with Gasteiger partial charge in [-0.15, -0.1) is 0 Å². The molecule has 0 saturated carbocycles. The topological polar surface area (TPSA) is 3.24 Å². The molecule has 0 rings (SSSR count). The average molecular weight is 244 g/mol. The molecular weight excluding hydrogens is 210 g/mol. The van der Waals surface area contributed by atoms with Crippen LogP contribution in [0.4, 0.5) is 0 Å². The molecule has 0 heterocycles. The maximum atomic E-state index is 2.80. The van der Waals surface area contributed by atoms with E-state index < -0.39 is 8.24 Å². The Morgan fingerprint density at radius 3 is 1.44 bits per heavy atom. The zero-order chi connectivity index (χ0) is 13.2. The minimum Gasteiger partial charge on any atom is -0.323 e. The normalized spacial score (nSPS) is 14.6. The van der Waals surface area contributed by atoms with Crippen molar-refractivity contribution in [2.24, 2.45) is 0 Å². The highest BCUT2D eigenvalue weighted by Crippen LogP contribution is 2.52. The van der Waals surface area contributed by atoms with Crippen molar-refractivity contribution in [3.63, 3.8) is 0 Å². The summed E-state index contributed by atoms with van der Waals surface area (Å²) in [7, 11) is -1.47. The number of hydrogen-bond acceptors (Lipinski definition) is 1. The van der Waals surface area contributed by atoms with E-state index >= 15 is 0 Å². The summed E-state index contributed by atoms with van der Waals surface area (Å²) in [6, 6.07) is 0. The van der Waals surface area contributed by atoms with Gasteiger partial charge in [0.15, 0.2) is 0 Å². The molecule has 0 unspecified atom stereocenters. The first-order chi connectivity index (χ1) is 7.02. The largest absolute Gasteiger partial charge is 0.323 e. The van der Waals surface area contributed by atoms with Crippen LogP contribution in [0.5, 0.6) is 0 Å². The summed E-state index contributed by atoms with van der Waals surface area (Å²) in [5.41, 5.74) is 0. The Labute approximate surface area is 105 Å². The van der Waals surface area contributed by atoms with Crippen molar-refractivity contribution in [1.82, 2.24) is 4.57 Å². The van der Waals surface area contributed by atoms with Gasteiger partial charge in [-0.1, -0.05) is 61.9 Å². The molecule has 0 amide bonds. The molecular formula is C14H33NSi. The Balaban J connectivity index is 5.39. The van der Waals surface area contributed by atoms with Crippen LogP contribution >= 0.6 is 0 Å². The second kappa shape index (κ2) is 5.22. The Kier molecular flexibility index (Phi) is 5.28. The monoisotopic (exact) mass is 243 g/mol. The van der Waals surface area contributed by atoms with Crippen molar-refractivity contribution < 1.29 is 0 Å². The van der Waals surface area contributed by atoms with Crippen LogP contribution in [0.15, 0.2) is 0 Å². The lowest BCUT2D eigenvalue weighted by molar-refractivity contribution is 0.381. The van der Waals surface area contributed by atoms with Gasteiger partial charge in [0.2, 0.25) is 0 Å². The van der Waals surface area contributed by atoms with E-state index in [-0.39, 0.29) is 0 Å². The van der Waals surface area contributed by atoms with Crippen LogP contribution in [0, 0.1) is 0 Å². The Morgan fingerprint density at radius 2 is 1.25 bits per heavy atom. The lowest BCUT2D eigenvalue weighted by Gasteiger charge is -2.55. The molecule has 0 aliphatic heterocycles. The Bertz CT molecular complexity index is 196. The number of nitrogens with zero attached hydrogens (tertiary/aromatic N) is 1. The van der Waals surface area contributed by atoms with E-state index in [1.165, 1.54) is 19.5 Å². The second-order valence-electron chi connectivity index (χ2n) is 7.15. The number of hydrogen-bond donors (Lipinski definition) is 0. The zero-order valence-electron chi connectivity index (χ0n) is 13.1. The van der Waals surface area contributed by atoms with Crippen LogP contribution in [0.1, 0.15) is 61.8 Å². The van der Waals surface area contributed by atoms with Crippen molar-refractivity contribution in [2.75, 3.05) is 13.1 Å². The highest BCUT2D eigenvalue weighted by Gasteiger charge is 2.52. The van der Waals surface area contributed by atoms with E-state index in [0.717, 1.165) is 0 Å². The van der Waals surface area contributed by atoms with E-state index in [0.29, 0.717) is 10.1 Å². The van der Waals surface area contributed by atoms with Gasteiger partial charge in [0.05, 0.1) is 0 Å². The van der Waals surface area contributed by atoms with Crippen LogP contribution in [0.3, 0.4) is 0 Å². The average Bonchev–Trinajstić information content (AvgIpc) is 2.09. The van der Waals surface area contributed by atoms with Crippen molar-refractivity contribution in [2.45, 2.75) is 78.4 Å². The van der Waals surface area contributed by atoms with Gasteiger partial charge in [-0.25, -0.2) is 0 Å². The van der Waals surface area contributed by atoms with Gasteiger partial charge in [-0.3, -0.25) is 0 Å². The maximum Gasteiger partial charge on any atom is 0.136 e. The predicted molar refractivity (Wildman–Crippen MR) is 78.6 cm³/mol. The van der Waals surface area contributed by atoms with Gasteiger partial charge in [0.1, 0.15) is 8.24 Å². The first kappa shape index (κ1) is 16.2. The van der Waals surface area contributed by atoms with Crippen molar-refractivity contribution in [1.29, 1.82) is 0 Å². The molecule has 16 heavy (non-hydrogen) atoms. The van der Waals surface area contributed by atoms with Crippen molar-refractivity contribution in [3.8, 4) is 0 Å². The molecule has 0 aliphatic carbocycles. The van der Waals surface area contributed by atoms with E-state index in [4.69, 9.17) is 0 Å². The van der Waals surface area contributed by atoms with Gasteiger partial charge in [0.25, 0.3) is 0 Å². The molecule has 0 bridgehead atoms. The molecule has 0 aromatic rings. The van der Waals surface area contributed by atoms with Gasteiger partial charge in [0, 0.05) is 0 Å². The lowest BCUT2D eigenvalue weighted by Crippen LogP contribution is -2.62. The summed E-state index contributed by atoms with van der Waals surface area (Å²) in [6.07, 6.45) is 1.27. The SMILES string of the molecule is CCCN(CC)[Si](C)(C(C)(C)C)C(C)(C)C. The lowest BCUT2D eigenvalue weighted by atomic mass is 10.2. The molecule has 2 heteroatoms. The van der Waals surface area contributed by atoms with Gasteiger partial charge in [-0.2, -0.15) is 0 Å². The molecule has 1 nitrogen and oxygen atoms in total. The van der Waals surface area contributed by atoms with Gasteiger partial charge in [-0.05, 0) is 29.6 Å². The molecule has 0 spiro atoms. The summed E-state index contributed by atoms with van der Waals surface area (Å²) < 4.78 is 2.80. The quantitative estimate of drug-likeness (QED) is 0.635. The van der Waals surface area contributed by atoms with Crippen LogP contribution in [0.2, 0.25) is 16.6 Å². The molecule has 0 saturated heterocycles. The fourth-order valence-corrected chi connectivity index (χ4v) is 8.49. The standard InChI is InChI=1S/C14H33NSi/c1-10-12-15(11-2)16(9,13(3,4)5)14(6,7)8/h10-12H2,1-9H3. The molecule has 0 radical (unpaired) electrons. The highest BCUT2D eigenvalue weighted by molar-refractivity contribution is 6.81. The first-order valence-corrected chi connectivity index (χ1v) is 9.22. The maximum absolute atomic E-state index is 2.80.